The van der Waals surface area contributed by atoms with Gasteiger partial charge in [0.25, 0.3) is 0 Å². The fraction of sp³-hybridized carbons (Fsp3) is 0.474. The van der Waals surface area contributed by atoms with Crippen LogP contribution in [-0.4, -0.2) is 36.2 Å². The predicted octanol–water partition coefficient (Wildman–Crippen LogP) is 3.34. The van der Waals surface area contributed by atoms with Gasteiger partial charge in [-0.3, -0.25) is 4.79 Å². The first-order valence-corrected chi connectivity index (χ1v) is 11.8. The lowest BCUT2D eigenvalue weighted by Crippen LogP contribution is -2.43. The number of thiazole rings is 1. The molecule has 1 aliphatic heterocycles. The van der Waals surface area contributed by atoms with E-state index in [0.717, 1.165) is 43.5 Å². The lowest BCUT2D eigenvalue weighted by Gasteiger charge is -2.23. The number of anilines is 1. The zero-order chi connectivity index (χ0) is 19.7. The van der Waals surface area contributed by atoms with E-state index in [-0.39, 0.29) is 17.3 Å². The minimum atomic E-state index is -3.86. The van der Waals surface area contributed by atoms with Crippen LogP contribution in [0.15, 0.2) is 29.2 Å². The van der Waals surface area contributed by atoms with Crippen LogP contribution in [0.5, 0.6) is 0 Å². The van der Waals surface area contributed by atoms with Crippen molar-refractivity contribution in [1.29, 1.82) is 0 Å². The van der Waals surface area contributed by atoms with Gasteiger partial charge >= 0.3 is 0 Å². The lowest BCUT2D eigenvalue weighted by molar-refractivity contribution is -0.119. The van der Waals surface area contributed by atoms with Gasteiger partial charge in [0.15, 0.2) is 5.13 Å². The largest absolute Gasteiger partial charge is 0.301 e. The molecule has 1 aromatic heterocycles. The van der Waals surface area contributed by atoms with Crippen molar-refractivity contribution in [2.75, 3.05) is 11.9 Å². The lowest BCUT2D eigenvalue weighted by atomic mass is 10.2. The van der Waals surface area contributed by atoms with E-state index in [1.807, 2.05) is 0 Å². The van der Waals surface area contributed by atoms with Crippen molar-refractivity contribution in [3.05, 3.63) is 40.7 Å². The molecule has 1 fully saturated rings. The molecule has 150 valence electrons. The first-order valence-electron chi connectivity index (χ1n) is 9.52. The number of nitrogens with zero attached hydrogens (tertiary/aromatic N) is 2. The van der Waals surface area contributed by atoms with Crippen LogP contribution in [0.2, 0.25) is 0 Å². The Labute approximate surface area is 167 Å². The fourth-order valence-electron chi connectivity index (χ4n) is 3.80. The van der Waals surface area contributed by atoms with Gasteiger partial charge in [-0.25, -0.2) is 17.8 Å². The SMILES string of the molecule is O=C(Nc1nc2c(s1)CCCCC2)C1CCCN1S(=O)(=O)c1ccc(F)cc1. The Morgan fingerprint density at radius 3 is 2.68 bits per heavy atom. The third kappa shape index (κ3) is 3.83. The number of benzene rings is 1. The molecule has 1 unspecified atom stereocenters. The first kappa shape index (κ1) is 19.5. The number of hydrogen-bond acceptors (Lipinski definition) is 5. The summed E-state index contributed by atoms with van der Waals surface area (Å²) >= 11 is 1.49. The number of amides is 1. The second-order valence-electron chi connectivity index (χ2n) is 7.17. The standard InChI is InChI=1S/C19H22FN3O3S2/c20-13-8-10-14(11-9-13)28(25,26)23-12-4-6-16(23)18(24)22-19-21-15-5-2-1-3-7-17(15)27-19/h8-11,16H,1-7,12H2,(H,21,22,24). The van der Waals surface area contributed by atoms with E-state index in [2.05, 4.69) is 10.3 Å². The van der Waals surface area contributed by atoms with E-state index >= 15 is 0 Å². The highest BCUT2D eigenvalue weighted by molar-refractivity contribution is 7.89. The molecular formula is C19H22FN3O3S2. The zero-order valence-corrected chi connectivity index (χ0v) is 17.0. The second-order valence-corrected chi connectivity index (χ2v) is 10.1. The van der Waals surface area contributed by atoms with Crippen molar-refractivity contribution >= 4 is 32.4 Å². The number of sulfonamides is 1. The Bertz CT molecular complexity index is 949. The first-order chi connectivity index (χ1) is 13.4. The topological polar surface area (TPSA) is 79.4 Å². The molecule has 0 saturated carbocycles. The molecule has 6 nitrogen and oxygen atoms in total. The molecule has 9 heteroatoms. The number of rotatable bonds is 4. The number of nitrogens with one attached hydrogen (secondary N) is 1. The van der Waals surface area contributed by atoms with Crippen LogP contribution in [0, 0.1) is 5.82 Å². The molecule has 1 atom stereocenters. The molecule has 0 bridgehead atoms. The van der Waals surface area contributed by atoms with E-state index < -0.39 is 21.9 Å². The van der Waals surface area contributed by atoms with Gasteiger partial charge in [-0.2, -0.15) is 4.31 Å². The number of carbonyl (C=O) groups is 1. The summed E-state index contributed by atoms with van der Waals surface area (Å²) in [5.74, 6) is -0.856. The highest BCUT2D eigenvalue weighted by atomic mass is 32.2. The predicted molar refractivity (Wildman–Crippen MR) is 105 cm³/mol. The van der Waals surface area contributed by atoms with Crippen LogP contribution in [-0.2, 0) is 27.7 Å². The minimum absolute atomic E-state index is 0.00503. The van der Waals surface area contributed by atoms with Gasteiger partial charge in [-0.05, 0) is 62.8 Å². The smallest absolute Gasteiger partial charge is 0.244 e. The molecule has 2 aliphatic rings. The highest BCUT2D eigenvalue weighted by Gasteiger charge is 2.39. The number of aromatic nitrogens is 1. The molecule has 0 spiro atoms. The van der Waals surface area contributed by atoms with Crippen LogP contribution in [0.3, 0.4) is 0 Å². The highest BCUT2D eigenvalue weighted by Crippen LogP contribution is 2.31. The molecule has 28 heavy (non-hydrogen) atoms. The Morgan fingerprint density at radius 1 is 1.14 bits per heavy atom. The molecule has 1 aromatic carbocycles. The van der Waals surface area contributed by atoms with Crippen molar-refractivity contribution in [3.8, 4) is 0 Å². The Kier molecular flexibility index (Phi) is 5.48. The summed E-state index contributed by atoms with van der Waals surface area (Å²) in [5.41, 5.74) is 1.06. The van der Waals surface area contributed by atoms with Crippen molar-refractivity contribution < 1.29 is 17.6 Å². The van der Waals surface area contributed by atoms with Crippen molar-refractivity contribution in [1.82, 2.24) is 9.29 Å². The second kappa shape index (κ2) is 7.88. The van der Waals surface area contributed by atoms with Crippen LogP contribution in [0.1, 0.15) is 42.7 Å². The molecule has 1 saturated heterocycles. The van der Waals surface area contributed by atoms with Gasteiger partial charge in [0, 0.05) is 11.4 Å². The van der Waals surface area contributed by atoms with Gasteiger partial charge in [-0.15, -0.1) is 11.3 Å². The monoisotopic (exact) mass is 423 g/mol. The Morgan fingerprint density at radius 2 is 1.89 bits per heavy atom. The molecule has 2 aromatic rings. The van der Waals surface area contributed by atoms with Gasteiger partial charge in [-0.1, -0.05) is 6.42 Å². The van der Waals surface area contributed by atoms with Crippen molar-refractivity contribution in [2.45, 2.75) is 55.9 Å². The van der Waals surface area contributed by atoms with Gasteiger partial charge in [0.1, 0.15) is 11.9 Å². The van der Waals surface area contributed by atoms with Gasteiger partial charge < -0.3 is 5.32 Å². The van der Waals surface area contributed by atoms with Crippen LogP contribution < -0.4 is 5.32 Å². The summed E-state index contributed by atoms with van der Waals surface area (Å²) < 4.78 is 40.2. The normalized spacial score (nSPS) is 20.5. The quantitative estimate of drug-likeness (QED) is 0.765. The maximum atomic E-state index is 13.1. The summed E-state index contributed by atoms with van der Waals surface area (Å²) in [6.45, 7) is 0.270. The number of hydrogen-bond donors (Lipinski definition) is 1. The van der Waals surface area contributed by atoms with Crippen molar-refractivity contribution in [3.63, 3.8) is 0 Å². The van der Waals surface area contributed by atoms with E-state index in [1.165, 1.54) is 39.1 Å². The van der Waals surface area contributed by atoms with E-state index in [9.17, 15) is 17.6 Å². The summed E-state index contributed by atoms with van der Waals surface area (Å²) in [5, 5.41) is 3.37. The maximum Gasteiger partial charge on any atom is 0.244 e. The third-order valence-corrected chi connectivity index (χ3v) is 8.25. The molecule has 1 aliphatic carbocycles. The molecule has 1 N–H and O–H groups in total. The number of halogens is 1. The van der Waals surface area contributed by atoms with E-state index in [4.69, 9.17) is 0 Å². The summed E-state index contributed by atoms with van der Waals surface area (Å²) in [4.78, 5) is 18.6. The molecular weight excluding hydrogens is 401 g/mol. The Hall–Kier alpha value is -1.84. The number of carbonyl (C=O) groups excluding carboxylic acids is 1. The van der Waals surface area contributed by atoms with E-state index in [1.54, 1.807) is 0 Å². The third-order valence-electron chi connectivity index (χ3n) is 5.25. The maximum absolute atomic E-state index is 13.1. The minimum Gasteiger partial charge on any atom is -0.301 e. The van der Waals surface area contributed by atoms with E-state index in [0.29, 0.717) is 18.0 Å². The van der Waals surface area contributed by atoms with Crippen LogP contribution in [0.25, 0.3) is 0 Å². The summed E-state index contributed by atoms with van der Waals surface area (Å²) in [6.07, 6.45) is 6.41. The van der Waals surface area contributed by atoms with Crippen LogP contribution >= 0.6 is 11.3 Å². The van der Waals surface area contributed by atoms with Gasteiger partial charge in [0.05, 0.1) is 10.6 Å². The van der Waals surface area contributed by atoms with Gasteiger partial charge in [0.2, 0.25) is 15.9 Å². The summed E-state index contributed by atoms with van der Waals surface area (Å²) in [6, 6.07) is 3.91. The van der Waals surface area contributed by atoms with Crippen molar-refractivity contribution in [2.24, 2.45) is 0 Å². The zero-order valence-electron chi connectivity index (χ0n) is 15.4. The Balaban J connectivity index is 1.51. The number of fused-ring (bicyclic) bond motifs is 1. The number of aryl methyl sites for hydroxylation is 2. The summed E-state index contributed by atoms with van der Waals surface area (Å²) in [7, 11) is -3.86. The molecule has 1 amide bonds. The molecule has 2 heterocycles. The average Bonchev–Trinajstić information content (AvgIpc) is 3.25. The fourth-order valence-corrected chi connectivity index (χ4v) is 6.51. The van der Waals surface area contributed by atoms with Crippen LogP contribution in [0.4, 0.5) is 9.52 Å². The average molecular weight is 424 g/mol. The molecule has 4 rings (SSSR count). The molecule has 0 radical (unpaired) electrons.